The quantitative estimate of drug-likeness (QED) is 0.740. The van der Waals surface area contributed by atoms with Crippen molar-refractivity contribution in [1.82, 2.24) is 5.32 Å². The summed E-state index contributed by atoms with van der Waals surface area (Å²) in [4.78, 5) is 11.8. The fraction of sp³-hybridized carbons (Fsp3) is 0.923. The summed E-state index contributed by atoms with van der Waals surface area (Å²) in [6.45, 7) is 4.94. The molecular formula is C13H22ClNO. The van der Waals surface area contributed by atoms with E-state index < -0.39 is 0 Å². The highest BCUT2D eigenvalue weighted by molar-refractivity contribution is 6.20. The third-order valence-electron chi connectivity index (χ3n) is 3.93. The lowest BCUT2D eigenvalue weighted by molar-refractivity contribution is -0.123. The molecule has 0 aromatic carbocycles. The fourth-order valence-electron chi connectivity index (χ4n) is 3.13. The van der Waals surface area contributed by atoms with Crippen molar-refractivity contribution in [1.29, 1.82) is 0 Å². The number of carbonyl (C=O) groups excluding carboxylic acids is 1. The van der Waals surface area contributed by atoms with Crippen LogP contribution >= 0.6 is 11.6 Å². The minimum atomic E-state index is 0.0857. The molecule has 2 rings (SSSR count). The molecule has 3 unspecified atom stereocenters. The van der Waals surface area contributed by atoms with E-state index in [4.69, 9.17) is 11.6 Å². The van der Waals surface area contributed by atoms with Gasteiger partial charge >= 0.3 is 0 Å². The molecule has 2 saturated carbocycles. The Kier molecular flexibility index (Phi) is 3.78. The van der Waals surface area contributed by atoms with Gasteiger partial charge in [-0.1, -0.05) is 20.3 Å². The van der Waals surface area contributed by atoms with Gasteiger partial charge in [-0.2, -0.15) is 0 Å². The van der Waals surface area contributed by atoms with Crippen LogP contribution in [-0.4, -0.2) is 17.8 Å². The molecule has 0 aromatic heterocycles. The zero-order chi connectivity index (χ0) is 11.7. The molecular weight excluding hydrogens is 222 g/mol. The van der Waals surface area contributed by atoms with Crippen LogP contribution in [0.3, 0.4) is 0 Å². The Hall–Kier alpha value is -0.240. The maximum atomic E-state index is 11.8. The van der Waals surface area contributed by atoms with Gasteiger partial charge in [-0.05, 0) is 37.0 Å². The molecule has 0 spiro atoms. The summed E-state index contributed by atoms with van der Waals surface area (Å²) in [5, 5.41) is 3.09. The number of rotatable bonds is 5. The number of alkyl halides is 1. The molecule has 16 heavy (non-hydrogen) atoms. The Balaban J connectivity index is 1.65. The van der Waals surface area contributed by atoms with Gasteiger partial charge in [0.1, 0.15) is 0 Å². The number of halogens is 1. The van der Waals surface area contributed by atoms with Gasteiger partial charge in [0.2, 0.25) is 5.91 Å². The summed E-state index contributed by atoms with van der Waals surface area (Å²) in [6.07, 6.45) is 4.82. The van der Waals surface area contributed by atoms with E-state index in [0.717, 1.165) is 6.42 Å². The molecule has 3 heteroatoms. The van der Waals surface area contributed by atoms with Gasteiger partial charge in [0.25, 0.3) is 0 Å². The SMILES string of the molecule is CC(C)CC(Cl)CNC(=O)C1C2CCCC21. The average molecular weight is 244 g/mol. The molecule has 0 aromatic rings. The summed E-state index contributed by atoms with van der Waals surface area (Å²) in [7, 11) is 0. The van der Waals surface area contributed by atoms with Crippen molar-refractivity contribution >= 4 is 17.5 Å². The van der Waals surface area contributed by atoms with Gasteiger partial charge in [0, 0.05) is 12.5 Å². The van der Waals surface area contributed by atoms with Crippen molar-refractivity contribution in [2.24, 2.45) is 23.7 Å². The highest BCUT2D eigenvalue weighted by Crippen LogP contribution is 2.57. The lowest BCUT2D eigenvalue weighted by Gasteiger charge is -2.13. The van der Waals surface area contributed by atoms with Gasteiger partial charge in [-0.25, -0.2) is 0 Å². The van der Waals surface area contributed by atoms with E-state index in [0.29, 0.717) is 30.2 Å². The second-order valence-corrected chi connectivity index (χ2v) is 6.37. The molecule has 3 atom stereocenters. The molecule has 0 aliphatic heterocycles. The number of fused-ring (bicyclic) bond motifs is 1. The molecule has 0 saturated heterocycles. The predicted molar refractivity (Wildman–Crippen MR) is 66.4 cm³/mol. The Labute approximate surface area is 103 Å². The van der Waals surface area contributed by atoms with Gasteiger partial charge < -0.3 is 5.32 Å². The van der Waals surface area contributed by atoms with Gasteiger partial charge in [0.15, 0.2) is 0 Å². The van der Waals surface area contributed by atoms with Gasteiger partial charge in [0.05, 0.1) is 5.38 Å². The molecule has 0 bridgehead atoms. The molecule has 2 fully saturated rings. The molecule has 2 nitrogen and oxygen atoms in total. The van der Waals surface area contributed by atoms with Crippen LogP contribution in [0.2, 0.25) is 0 Å². The topological polar surface area (TPSA) is 29.1 Å². The van der Waals surface area contributed by atoms with Crippen molar-refractivity contribution in [3.8, 4) is 0 Å². The van der Waals surface area contributed by atoms with Crippen molar-refractivity contribution in [3.05, 3.63) is 0 Å². The second-order valence-electron chi connectivity index (χ2n) is 5.76. The van der Waals surface area contributed by atoms with Crippen LogP contribution in [0.1, 0.15) is 39.5 Å². The van der Waals surface area contributed by atoms with Crippen LogP contribution in [0.25, 0.3) is 0 Å². The second kappa shape index (κ2) is 4.95. The number of amides is 1. The monoisotopic (exact) mass is 243 g/mol. The van der Waals surface area contributed by atoms with Gasteiger partial charge in [-0.3, -0.25) is 4.79 Å². The van der Waals surface area contributed by atoms with E-state index in [9.17, 15) is 4.79 Å². The molecule has 0 radical (unpaired) electrons. The van der Waals surface area contributed by atoms with Crippen LogP contribution in [0.4, 0.5) is 0 Å². The summed E-state index contributed by atoms with van der Waals surface area (Å²) in [5.41, 5.74) is 0. The van der Waals surface area contributed by atoms with Crippen molar-refractivity contribution in [2.75, 3.05) is 6.54 Å². The average Bonchev–Trinajstić information content (AvgIpc) is 2.68. The van der Waals surface area contributed by atoms with Crippen LogP contribution in [0.15, 0.2) is 0 Å². The van der Waals surface area contributed by atoms with Crippen LogP contribution in [-0.2, 0) is 4.79 Å². The summed E-state index contributed by atoms with van der Waals surface area (Å²) in [6, 6.07) is 0. The number of hydrogen-bond acceptors (Lipinski definition) is 1. The fourth-order valence-corrected chi connectivity index (χ4v) is 3.57. The maximum Gasteiger partial charge on any atom is 0.223 e. The third kappa shape index (κ3) is 2.71. The van der Waals surface area contributed by atoms with E-state index in [-0.39, 0.29) is 11.3 Å². The van der Waals surface area contributed by atoms with Crippen molar-refractivity contribution in [3.63, 3.8) is 0 Å². The zero-order valence-corrected chi connectivity index (χ0v) is 11.0. The lowest BCUT2D eigenvalue weighted by Crippen LogP contribution is -2.32. The molecule has 2 aliphatic rings. The van der Waals surface area contributed by atoms with Gasteiger partial charge in [-0.15, -0.1) is 11.6 Å². The first-order chi connectivity index (χ1) is 7.59. The minimum absolute atomic E-state index is 0.0857. The van der Waals surface area contributed by atoms with Crippen LogP contribution < -0.4 is 5.32 Å². The summed E-state index contributed by atoms with van der Waals surface area (Å²) < 4.78 is 0. The van der Waals surface area contributed by atoms with Crippen LogP contribution in [0, 0.1) is 23.7 Å². The Morgan fingerprint density at radius 2 is 2.00 bits per heavy atom. The number of carbonyl (C=O) groups is 1. The molecule has 92 valence electrons. The van der Waals surface area contributed by atoms with Crippen molar-refractivity contribution in [2.45, 2.75) is 44.9 Å². The first kappa shape index (κ1) is 12.2. The first-order valence-corrected chi connectivity index (χ1v) is 6.95. The number of hydrogen-bond donors (Lipinski definition) is 1. The first-order valence-electron chi connectivity index (χ1n) is 6.51. The van der Waals surface area contributed by atoms with E-state index in [1.54, 1.807) is 0 Å². The normalized spacial score (nSPS) is 33.6. The minimum Gasteiger partial charge on any atom is -0.354 e. The highest BCUT2D eigenvalue weighted by atomic mass is 35.5. The highest BCUT2D eigenvalue weighted by Gasteiger charge is 2.56. The molecule has 1 N–H and O–H groups in total. The Morgan fingerprint density at radius 3 is 2.56 bits per heavy atom. The predicted octanol–water partition coefficient (Wildman–Crippen LogP) is 2.80. The largest absolute Gasteiger partial charge is 0.354 e. The van der Waals surface area contributed by atoms with Crippen LogP contribution in [0.5, 0.6) is 0 Å². The van der Waals surface area contributed by atoms with E-state index in [1.165, 1.54) is 19.3 Å². The lowest BCUT2D eigenvalue weighted by atomic mass is 10.1. The number of nitrogens with one attached hydrogen (secondary N) is 1. The molecule has 0 heterocycles. The zero-order valence-electron chi connectivity index (χ0n) is 10.2. The van der Waals surface area contributed by atoms with E-state index in [1.807, 2.05) is 0 Å². The standard InChI is InChI=1S/C13H22ClNO/c1-8(2)6-9(14)7-15-13(16)12-10-4-3-5-11(10)12/h8-12H,3-7H2,1-2H3,(H,15,16). The molecule has 1 amide bonds. The third-order valence-corrected chi connectivity index (χ3v) is 4.27. The Morgan fingerprint density at radius 1 is 1.38 bits per heavy atom. The summed E-state index contributed by atoms with van der Waals surface area (Å²) in [5.74, 6) is 2.60. The molecule has 2 aliphatic carbocycles. The Bertz CT molecular complexity index is 257. The summed E-state index contributed by atoms with van der Waals surface area (Å²) >= 11 is 6.15. The van der Waals surface area contributed by atoms with E-state index >= 15 is 0 Å². The smallest absolute Gasteiger partial charge is 0.223 e. The van der Waals surface area contributed by atoms with Crippen molar-refractivity contribution < 1.29 is 4.79 Å². The maximum absolute atomic E-state index is 11.8. The van der Waals surface area contributed by atoms with E-state index in [2.05, 4.69) is 19.2 Å².